The van der Waals surface area contributed by atoms with E-state index >= 15 is 0 Å². The number of benzene rings is 4. The maximum Gasteiger partial charge on any atom is 0.237 e. The maximum atomic E-state index is 14.3. The first-order chi connectivity index (χ1) is 16.9. The van der Waals surface area contributed by atoms with Crippen LogP contribution in [0.15, 0.2) is 98.4 Å². The van der Waals surface area contributed by atoms with Gasteiger partial charge in [0.1, 0.15) is 32.6 Å². The Bertz CT molecular complexity index is 1370. The van der Waals surface area contributed by atoms with Gasteiger partial charge in [-0.2, -0.15) is 0 Å². The van der Waals surface area contributed by atoms with Gasteiger partial charge in [0, 0.05) is 24.3 Å². The smallest absolute Gasteiger partial charge is 0.237 e. The van der Waals surface area contributed by atoms with Gasteiger partial charge < -0.3 is 4.55 Å². The first-order valence-electron chi connectivity index (χ1n) is 9.99. The van der Waals surface area contributed by atoms with Gasteiger partial charge in [-0.25, -0.2) is 34.8 Å². The molecule has 4 aromatic rings. The topological polar surface area (TPSA) is 57.2 Å². The monoisotopic (exact) mass is 542 g/mol. The number of hydrogen-bond donors (Lipinski definition) is 0. The second kappa shape index (κ2) is 11.2. The Morgan fingerprint density at radius 3 is 1.39 bits per heavy atom. The lowest BCUT2D eigenvalue weighted by Crippen LogP contribution is -2.14. The molecule has 0 saturated heterocycles. The normalized spacial score (nSPS) is 11.2. The highest BCUT2D eigenvalue weighted by Crippen LogP contribution is 2.37. The summed E-state index contributed by atoms with van der Waals surface area (Å²) in [5.74, 6) is -7.45. The Morgan fingerprint density at radius 2 is 1.03 bits per heavy atom. The maximum absolute atomic E-state index is 14.3. The molecule has 0 bridgehead atoms. The summed E-state index contributed by atoms with van der Waals surface area (Å²) >= 11 is 0. The predicted octanol–water partition coefficient (Wildman–Crippen LogP) is 6.52. The fourth-order valence-electron chi connectivity index (χ4n) is 3.05. The van der Waals surface area contributed by atoms with Crippen LogP contribution in [0.5, 0.6) is 0 Å². The van der Waals surface area contributed by atoms with Crippen LogP contribution in [0.1, 0.15) is 5.56 Å². The molecule has 188 valence electrons. The summed E-state index contributed by atoms with van der Waals surface area (Å²) in [6.45, 7) is 1.82. The van der Waals surface area contributed by atoms with Gasteiger partial charge in [-0.1, -0.05) is 35.9 Å². The molecule has 0 unspecified atom stereocenters. The molecule has 0 aliphatic rings. The van der Waals surface area contributed by atoms with Crippen LogP contribution in [0.4, 0.5) is 26.3 Å². The van der Waals surface area contributed by atoms with Crippen molar-refractivity contribution >= 4 is 21.0 Å². The Morgan fingerprint density at radius 1 is 0.639 bits per heavy atom. The van der Waals surface area contributed by atoms with E-state index in [1.807, 2.05) is 6.92 Å². The van der Waals surface area contributed by atoms with E-state index in [1.54, 1.807) is 18.2 Å². The van der Waals surface area contributed by atoms with Crippen molar-refractivity contribution in [2.24, 2.45) is 0 Å². The largest absolute Gasteiger partial charge is 0.744 e. The molecule has 0 atom stereocenters. The summed E-state index contributed by atoms with van der Waals surface area (Å²) in [5.41, 5.74) is 0.928. The third-order valence-corrected chi connectivity index (χ3v) is 7.81. The Balaban J connectivity index is 0.000000275. The summed E-state index contributed by atoms with van der Waals surface area (Å²) in [4.78, 5) is -1.38. The molecule has 4 aromatic carbocycles. The number of hydrogen-bond acceptors (Lipinski definition) is 3. The molecule has 4 rings (SSSR count). The zero-order valence-corrected chi connectivity index (χ0v) is 19.9. The highest BCUT2D eigenvalue weighted by Gasteiger charge is 2.40. The average molecular weight is 543 g/mol. The summed E-state index contributed by atoms with van der Waals surface area (Å²) in [6.07, 6.45) is 0. The van der Waals surface area contributed by atoms with Crippen LogP contribution in [0.25, 0.3) is 0 Å². The van der Waals surface area contributed by atoms with Crippen molar-refractivity contribution in [1.29, 1.82) is 0 Å². The summed E-state index contributed by atoms with van der Waals surface area (Å²) < 4.78 is 115. The van der Waals surface area contributed by atoms with Gasteiger partial charge >= 0.3 is 0 Å². The minimum Gasteiger partial charge on any atom is -0.744 e. The van der Waals surface area contributed by atoms with Gasteiger partial charge in [0.2, 0.25) is 9.79 Å². The van der Waals surface area contributed by atoms with Crippen LogP contribution in [-0.2, 0) is 21.0 Å². The highest BCUT2D eigenvalue weighted by molar-refractivity contribution is 7.97. The van der Waals surface area contributed by atoms with Gasteiger partial charge in [0.25, 0.3) is 0 Å². The summed E-state index contributed by atoms with van der Waals surface area (Å²) in [7, 11) is -6.18. The minimum absolute atomic E-state index is 0.178. The third-order valence-electron chi connectivity index (χ3n) is 4.62. The van der Waals surface area contributed by atoms with E-state index in [0.717, 1.165) is 5.56 Å². The first kappa shape index (κ1) is 27.3. The fourth-order valence-corrected chi connectivity index (χ4v) is 5.64. The van der Waals surface area contributed by atoms with Crippen molar-refractivity contribution in [3.63, 3.8) is 0 Å². The molecule has 0 aliphatic heterocycles. The zero-order valence-electron chi connectivity index (χ0n) is 18.3. The number of rotatable bonds is 4. The summed E-state index contributed by atoms with van der Waals surface area (Å²) in [5, 5.41) is 0. The molecule has 0 aliphatic carbocycles. The fraction of sp³-hybridized carbons (Fsp3) is 0.0400. The molecule has 0 N–H and O–H groups in total. The van der Waals surface area contributed by atoms with E-state index < -0.39 is 65.7 Å². The second-order valence-corrected chi connectivity index (χ2v) is 10.6. The van der Waals surface area contributed by atoms with Crippen LogP contribution >= 0.6 is 0 Å². The SMILES string of the molecule is Cc1ccc(S(=O)(=O)[O-])cc1.Fc1cc(F)c([S+](c2ccccc2)c2c(F)cc(F)cc2F)c(F)c1. The van der Waals surface area contributed by atoms with Gasteiger partial charge in [-0.15, -0.1) is 0 Å². The van der Waals surface area contributed by atoms with E-state index in [-0.39, 0.29) is 9.79 Å². The van der Waals surface area contributed by atoms with Gasteiger partial charge in [-0.05, 0) is 31.2 Å². The highest BCUT2D eigenvalue weighted by atomic mass is 32.2. The van der Waals surface area contributed by atoms with Crippen LogP contribution in [0.3, 0.4) is 0 Å². The molecule has 0 spiro atoms. The zero-order chi connectivity index (χ0) is 26.6. The van der Waals surface area contributed by atoms with Crippen molar-refractivity contribution in [2.75, 3.05) is 0 Å². The van der Waals surface area contributed by atoms with Gasteiger partial charge in [-0.3, -0.25) is 0 Å². The molecule has 3 nitrogen and oxygen atoms in total. The molecule has 0 aromatic heterocycles. The molecule has 0 radical (unpaired) electrons. The minimum atomic E-state index is -4.27. The van der Waals surface area contributed by atoms with Gasteiger partial charge in [0.15, 0.2) is 28.2 Å². The molecular formula is C25H16F6O3S2. The van der Waals surface area contributed by atoms with Gasteiger partial charge in [0.05, 0.1) is 4.90 Å². The standard InChI is InChI=1S/C18H9F6S.C7H8O3S/c19-10-6-13(21)17(14(22)7-10)25(12-4-2-1-3-5-12)18-15(23)8-11(20)9-16(18)24;1-6-2-4-7(5-3-6)11(8,9)10/h1-9H;2-5H,1H3,(H,8,9,10)/q+1;/p-1. The predicted molar refractivity (Wildman–Crippen MR) is 120 cm³/mol. The average Bonchev–Trinajstić information content (AvgIpc) is 2.77. The van der Waals surface area contributed by atoms with E-state index in [2.05, 4.69) is 0 Å². The van der Waals surface area contributed by atoms with Crippen LogP contribution in [0, 0.1) is 41.8 Å². The molecular weight excluding hydrogens is 526 g/mol. The Kier molecular flexibility index (Phi) is 8.49. The molecule has 0 amide bonds. The number of halogens is 6. The quantitative estimate of drug-likeness (QED) is 0.168. The first-order valence-corrected chi connectivity index (χ1v) is 12.6. The lowest BCUT2D eigenvalue weighted by atomic mass is 10.2. The second-order valence-electron chi connectivity index (χ2n) is 7.28. The Hall–Kier alpha value is -3.28. The Labute approximate surface area is 206 Å². The van der Waals surface area contributed by atoms with Crippen molar-refractivity contribution in [1.82, 2.24) is 0 Å². The molecule has 0 fully saturated rings. The van der Waals surface area contributed by atoms with Crippen LogP contribution in [-0.4, -0.2) is 13.0 Å². The molecule has 0 saturated carbocycles. The number of aryl methyl sites for hydroxylation is 1. The van der Waals surface area contributed by atoms with Crippen molar-refractivity contribution in [3.05, 3.63) is 119 Å². The third kappa shape index (κ3) is 6.48. The van der Waals surface area contributed by atoms with Crippen molar-refractivity contribution < 1.29 is 39.3 Å². The summed E-state index contributed by atoms with van der Waals surface area (Å²) in [6, 6.07) is 15.0. The van der Waals surface area contributed by atoms with Crippen LogP contribution < -0.4 is 0 Å². The molecule has 0 heterocycles. The molecule has 36 heavy (non-hydrogen) atoms. The van der Waals surface area contributed by atoms with E-state index in [9.17, 15) is 39.3 Å². The van der Waals surface area contributed by atoms with Crippen molar-refractivity contribution in [2.45, 2.75) is 26.5 Å². The van der Waals surface area contributed by atoms with E-state index in [0.29, 0.717) is 24.3 Å². The lowest BCUT2D eigenvalue weighted by Gasteiger charge is -2.11. The van der Waals surface area contributed by atoms with Crippen molar-refractivity contribution in [3.8, 4) is 0 Å². The van der Waals surface area contributed by atoms with Crippen LogP contribution in [0.2, 0.25) is 0 Å². The van der Waals surface area contributed by atoms with E-state index in [1.165, 1.54) is 36.4 Å². The molecule has 11 heteroatoms. The lowest BCUT2D eigenvalue weighted by molar-refractivity contribution is 0.463. The van der Waals surface area contributed by atoms with E-state index in [4.69, 9.17) is 0 Å².